The van der Waals surface area contributed by atoms with Gasteiger partial charge in [-0.25, -0.2) is 4.39 Å². The van der Waals surface area contributed by atoms with E-state index in [9.17, 15) is 4.39 Å². The van der Waals surface area contributed by atoms with Gasteiger partial charge in [0.25, 0.3) is 0 Å². The molecule has 0 aliphatic carbocycles. The van der Waals surface area contributed by atoms with Crippen LogP contribution in [0.4, 0.5) is 10.1 Å². The van der Waals surface area contributed by atoms with E-state index in [2.05, 4.69) is 0 Å². The Balaban J connectivity index is 2.66. The van der Waals surface area contributed by atoms with Crippen LogP contribution in [0.15, 0.2) is 36.4 Å². The fourth-order valence-electron chi connectivity index (χ4n) is 1.47. The third-order valence-corrected chi connectivity index (χ3v) is 2.80. The van der Waals surface area contributed by atoms with Crippen molar-refractivity contribution in [2.45, 2.75) is 0 Å². The first-order chi connectivity index (χ1) is 7.58. The number of benzene rings is 2. The highest BCUT2D eigenvalue weighted by Gasteiger charge is 2.08. The Morgan fingerprint density at radius 2 is 1.69 bits per heavy atom. The molecule has 0 aromatic heterocycles. The summed E-state index contributed by atoms with van der Waals surface area (Å²) in [7, 11) is 0. The number of nitrogens with two attached hydrogens (primary N) is 1. The van der Waals surface area contributed by atoms with Crippen molar-refractivity contribution in [3.8, 4) is 11.1 Å². The topological polar surface area (TPSA) is 26.0 Å². The standard InChI is InChI=1S/C12H8Cl2FN/c13-7-1-4-12(16)10(5-7)9-6-8(15)2-3-11(9)14/h1-6H,16H2. The Kier molecular flexibility index (Phi) is 3.03. The molecule has 0 amide bonds. The van der Waals surface area contributed by atoms with Crippen molar-refractivity contribution >= 4 is 28.9 Å². The van der Waals surface area contributed by atoms with Crippen molar-refractivity contribution in [2.75, 3.05) is 5.73 Å². The lowest BCUT2D eigenvalue weighted by molar-refractivity contribution is 0.628. The first-order valence-electron chi connectivity index (χ1n) is 4.58. The molecule has 82 valence electrons. The third-order valence-electron chi connectivity index (χ3n) is 2.23. The minimum atomic E-state index is -0.362. The van der Waals surface area contributed by atoms with Gasteiger partial charge in [-0.3, -0.25) is 0 Å². The van der Waals surface area contributed by atoms with Gasteiger partial charge in [0, 0.05) is 26.9 Å². The number of nitrogen functional groups attached to an aromatic ring is 1. The molecule has 0 aliphatic rings. The van der Waals surface area contributed by atoms with Gasteiger partial charge in [0.05, 0.1) is 0 Å². The molecule has 0 heterocycles. The Bertz CT molecular complexity index is 491. The highest BCUT2D eigenvalue weighted by Crippen LogP contribution is 2.34. The van der Waals surface area contributed by atoms with Crippen molar-refractivity contribution in [1.29, 1.82) is 0 Å². The average Bonchev–Trinajstić information content (AvgIpc) is 2.25. The first kappa shape index (κ1) is 11.2. The monoisotopic (exact) mass is 255 g/mol. The molecule has 0 atom stereocenters. The predicted molar refractivity (Wildman–Crippen MR) is 66.3 cm³/mol. The van der Waals surface area contributed by atoms with E-state index in [-0.39, 0.29) is 5.82 Å². The summed E-state index contributed by atoms with van der Waals surface area (Å²) >= 11 is 11.9. The van der Waals surface area contributed by atoms with E-state index in [1.165, 1.54) is 18.2 Å². The summed E-state index contributed by atoms with van der Waals surface area (Å²) < 4.78 is 13.1. The maximum absolute atomic E-state index is 13.1. The second-order valence-electron chi connectivity index (χ2n) is 3.36. The molecule has 1 nitrogen and oxygen atoms in total. The zero-order chi connectivity index (χ0) is 11.7. The van der Waals surface area contributed by atoms with E-state index in [4.69, 9.17) is 28.9 Å². The van der Waals surface area contributed by atoms with E-state index in [0.717, 1.165) is 0 Å². The van der Waals surface area contributed by atoms with Gasteiger partial charge in [0.2, 0.25) is 0 Å². The Hall–Kier alpha value is -1.25. The summed E-state index contributed by atoms with van der Waals surface area (Å²) in [5, 5.41) is 0.972. The van der Waals surface area contributed by atoms with E-state index in [1.54, 1.807) is 18.2 Å². The van der Waals surface area contributed by atoms with Gasteiger partial charge in [0.1, 0.15) is 5.82 Å². The third kappa shape index (κ3) is 2.13. The molecule has 16 heavy (non-hydrogen) atoms. The number of anilines is 1. The lowest BCUT2D eigenvalue weighted by Gasteiger charge is -2.08. The van der Waals surface area contributed by atoms with Crippen LogP contribution in [0.2, 0.25) is 10.0 Å². The van der Waals surface area contributed by atoms with Crippen LogP contribution in [0.5, 0.6) is 0 Å². The number of halogens is 3. The van der Waals surface area contributed by atoms with Crippen LogP contribution in [0.1, 0.15) is 0 Å². The minimum Gasteiger partial charge on any atom is -0.398 e. The van der Waals surface area contributed by atoms with E-state index in [1.807, 2.05) is 0 Å². The Morgan fingerprint density at radius 3 is 2.44 bits per heavy atom. The smallest absolute Gasteiger partial charge is 0.123 e. The van der Waals surface area contributed by atoms with E-state index >= 15 is 0 Å². The van der Waals surface area contributed by atoms with Crippen molar-refractivity contribution in [1.82, 2.24) is 0 Å². The second-order valence-corrected chi connectivity index (χ2v) is 4.20. The molecule has 0 spiro atoms. The summed E-state index contributed by atoms with van der Waals surface area (Å²) in [6.07, 6.45) is 0. The van der Waals surface area contributed by atoms with Gasteiger partial charge in [-0.05, 0) is 36.4 Å². The zero-order valence-electron chi connectivity index (χ0n) is 8.18. The molecule has 0 bridgehead atoms. The second kappa shape index (κ2) is 4.32. The van der Waals surface area contributed by atoms with E-state index in [0.29, 0.717) is 26.9 Å². The SMILES string of the molecule is Nc1ccc(Cl)cc1-c1cc(F)ccc1Cl. The van der Waals surface area contributed by atoms with Gasteiger partial charge in [-0.1, -0.05) is 23.2 Å². The summed E-state index contributed by atoms with van der Waals surface area (Å²) in [6, 6.07) is 9.13. The zero-order valence-corrected chi connectivity index (χ0v) is 9.69. The maximum Gasteiger partial charge on any atom is 0.123 e. The highest BCUT2D eigenvalue weighted by atomic mass is 35.5. The summed E-state index contributed by atoms with van der Waals surface area (Å²) in [6.45, 7) is 0. The van der Waals surface area contributed by atoms with Gasteiger partial charge >= 0.3 is 0 Å². The van der Waals surface area contributed by atoms with Gasteiger partial charge < -0.3 is 5.73 Å². The number of hydrogen-bond donors (Lipinski definition) is 1. The van der Waals surface area contributed by atoms with Crippen LogP contribution in [0.3, 0.4) is 0 Å². The van der Waals surface area contributed by atoms with E-state index < -0.39 is 0 Å². The van der Waals surface area contributed by atoms with Crippen molar-refractivity contribution in [2.24, 2.45) is 0 Å². The summed E-state index contributed by atoms with van der Waals surface area (Å²) in [4.78, 5) is 0. The van der Waals surface area contributed by atoms with Gasteiger partial charge in [-0.2, -0.15) is 0 Å². The quantitative estimate of drug-likeness (QED) is 0.752. The molecule has 2 N–H and O–H groups in total. The first-order valence-corrected chi connectivity index (χ1v) is 5.34. The maximum atomic E-state index is 13.1. The van der Waals surface area contributed by atoms with Crippen LogP contribution in [0.25, 0.3) is 11.1 Å². The summed E-state index contributed by atoms with van der Waals surface area (Å²) in [5.41, 5.74) is 7.49. The molecule has 0 aliphatic heterocycles. The molecule has 0 saturated carbocycles. The molecule has 0 radical (unpaired) electrons. The number of hydrogen-bond acceptors (Lipinski definition) is 1. The fourth-order valence-corrected chi connectivity index (χ4v) is 1.86. The molecular formula is C12H8Cl2FN. The predicted octanol–water partition coefficient (Wildman–Crippen LogP) is 4.38. The van der Waals surface area contributed by atoms with Crippen LogP contribution in [0, 0.1) is 5.82 Å². The Labute approximate surface area is 103 Å². The molecule has 4 heteroatoms. The lowest BCUT2D eigenvalue weighted by atomic mass is 10.0. The molecule has 0 fully saturated rings. The van der Waals surface area contributed by atoms with Crippen LogP contribution in [-0.2, 0) is 0 Å². The molecule has 2 aromatic carbocycles. The van der Waals surface area contributed by atoms with Crippen LogP contribution < -0.4 is 5.73 Å². The lowest BCUT2D eigenvalue weighted by Crippen LogP contribution is -1.91. The number of rotatable bonds is 1. The van der Waals surface area contributed by atoms with Crippen LogP contribution >= 0.6 is 23.2 Å². The van der Waals surface area contributed by atoms with Crippen molar-refractivity contribution in [3.05, 3.63) is 52.3 Å². The van der Waals surface area contributed by atoms with Gasteiger partial charge in [-0.15, -0.1) is 0 Å². The minimum absolute atomic E-state index is 0.362. The molecule has 0 saturated heterocycles. The normalized spacial score (nSPS) is 10.4. The molecule has 2 aromatic rings. The molecule has 2 rings (SSSR count). The largest absolute Gasteiger partial charge is 0.398 e. The highest BCUT2D eigenvalue weighted by molar-refractivity contribution is 6.34. The summed E-state index contributed by atoms with van der Waals surface area (Å²) in [5.74, 6) is -0.362. The van der Waals surface area contributed by atoms with Gasteiger partial charge in [0.15, 0.2) is 0 Å². The average molecular weight is 256 g/mol. The van der Waals surface area contributed by atoms with Crippen LogP contribution in [-0.4, -0.2) is 0 Å². The fraction of sp³-hybridized carbons (Fsp3) is 0. The van der Waals surface area contributed by atoms with Crippen molar-refractivity contribution in [3.63, 3.8) is 0 Å². The van der Waals surface area contributed by atoms with Crippen molar-refractivity contribution < 1.29 is 4.39 Å². The molecule has 0 unspecified atom stereocenters. The molecular weight excluding hydrogens is 248 g/mol. The Morgan fingerprint density at radius 1 is 0.938 bits per heavy atom.